The molecule has 0 bridgehead atoms. The third kappa shape index (κ3) is 5.24. The maximum Gasteiger partial charge on any atom is 0.262 e. The molecule has 1 aromatic heterocycles. The molecule has 7 nitrogen and oxygen atoms in total. The molecule has 0 aliphatic carbocycles. The number of rotatable bonds is 8. The van der Waals surface area contributed by atoms with Crippen molar-refractivity contribution in [3.8, 4) is 0 Å². The van der Waals surface area contributed by atoms with Crippen LogP contribution in [0.25, 0.3) is 0 Å². The molecule has 2 unspecified atom stereocenters. The summed E-state index contributed by atoms with van der Waals surface area (Å²) in [5.74, 6) is -0.818. The van der Waals surface area contributed by atoms with Gasteiger partial charge in [-0.2, -0.15) is 0 Å². The average molecular weight is 424 g/mol. The van der Waals surface area contributed by atoms with E-state index in [2.05, 4.69) is 10.6 Å². The average Bonchev–Trinajstić information content (AvgIpc) is 3.29. The third-order valence-electron chi connectivity index (χ3n) is 4.69. The molecule has 0 fully saturated rings. The van der Waals surface area contributed by atoms with E-state index in [0.717, 1.165) is 5.56 Å². The van der Waals surface area contributed by atoms with Gasteiger partial charge in [0.2, 0.25) is 5.91 Å². The van der Waals surface area contributed by atoms with Crippen molar-refractivity contribution in [2.24, 2.45) is 11.5 Å². The number of nitrogen functional groups attached to an aromatic ring is 1. The lowest BCUT2D eigenvalue weighted by Gasteiger charge is -2.19. The molecule has 2 atom stereocenters. The molecule has 8 heteroatoms. The molecule has 0 saturated carbocycles. The Bertz CT molecular complexity index is 992. The lowest BCUT2D eigenvalue weighted by Crippen LogP contribution is -2.34. The fourth-order valence-electron chi connectivity index (χ4n) is 3.15. The van der Waals surface area contributed by atoms with Gasteiger partial charge in [-0.3, -0.25) is 9.59 Å². The number of thiophene rings is 1. The molecule has 0 spiro atoms. The molecule has 2 aromatic carbocycles. The first-order chi connectivity index (χ1) is 14.5. The summed E-state index contributed by atoms with van der Waals surface area (Å²) in [6.07, 6.45) is -0.293. The van der Waals surface area contributed by atoms with Crippen LogP contribution in [0.15, 0.2) is 66.0 Å². The molecule has 156 valence electrons. The van der Waals surface area contributed by atoms with Gasteiger partial charge >= 0.3 is 0 Å². The van der Waals surface area contributed by atoms with Crippen LogP contribution < -0.4 is 27.8 Å². The van der Waals surface area contributed by atoms with Crippen LogP contribution in [0.1, 0.15) is 39.3 Å². The van der Waals surface area contributed by atoms with Gasteiger partial charge in [0, 0.05) is 16.9 Å². The van der Waals surface area contributed by atoms with Crippen molar-refractivity contribution >= 4 is 34.5 Å². The first-order valence-corrected chi connectivity index (χ1v) is 10.4. The molecule has 0 aliphatic rings. The van der Waals surface area contributed by atoms with Crippen molar-refractivity contribution in [1.29, 1.82) is 0 Å². The number of amides is 2. The first-order valence-electron chi connectivity index (χ1n) is 9.55. The highest BCUT2D eigenvalue weighted by atomic mass is 32.1. The first kappa shape index (κ1) is 21.5. The zero-order chi connectivity index (χ0) is 21.5. The van der Waals surface area contributed by atoms with E-state index in [0.29, 0.717) is 34.8 Å². The minimum atomic E-state index is -0.814. The topological polar surface area (TPSA) is 136 Å². The quantitative estimate of drug-likeness (QED) is 0.280. The minimum absolute atomic E-state index is 0.168. The molecule has 0 saturated heterocycles. The van der Waals surface area contributed by atoms with E-state index < -0.39 is 6.17 Å². The fraction of sp³-hybridized carbons (Fsp3) is 0.182. The molecule has 3 aromatic rings. The van der Waals surface area contributed by atoms with Crippen LogP contribution in [-0.4, -0.2) is 18.4 Å². The van der Waals surface area contributed by atoms with Gasteiger partial charge in [0.15, 0.2) is 0 Å². The molecule has 2 amide bonds. The maximum atomic E-state index is 12.9. The van der Waals surface area contributed by atoms with Crippen LogP contribution in [-0.2, 0) is 4.79 Å². The Morgan fingerprint density at radius 2 is 1.80 bits per heavy atom. The second-order valence-electron chi connectivity index (χ2n) is 6.80. The largest absolute Gasteiger partial charge is 0.398 e. The second kappa shape index (κ2) is 10.0. The van der Waals surface area contributed by atoms with E-state index in [-0.39, 0.29) is 17.7 Å². The van der Waals surface area contributed by atoms with Crippen LogP contribution in [0.4, 0.5) is 11.4 Å². The number of benzene rings is 2. The van der Waals surface area contributed by atoms with E-state index in [9.17, 15) is 9.59 Å². The number of hydrogen-bond acceptors (Lipinski definition) is 6. The van der Waals surface area contributed by atoms with Crippen molar-refractivity contribution < 1.29 is 9.59 Å². The Morgan fingerprint density at radius 1 is 1.03 bits per heavy atom. The van der Waals surface area contributed by atoms with Crippen LogP contribution >= 0.6 is 11.3 Å². The lowest BCUT2D eigenvalue weighted by atomic mass is 9.94. The summed E-state index contributed by atoms with van der Waals surface area (Å²) in [6, 6.07) is 18.0. The van der Waals surface area contributed by atoms with E-state index in [1.807, 2.05) is 35.7 Å². The molecule has 8 N–H and O–H groups in total. The summed E-state index contributed by atoms with van der Waals surface area (Å²) in [4.78, 5) is 25.7. The van der Waals surface area contributed by atoms with Crippen molar-refractivity contribution in [2.75, 3.05) is 17.6 Å². The fourth-order valence-corrected chi connectivity index (χ4v) is 3.78. The van der Waals surface area contributed by atoms with Gasteiger partial charge in [-0.25, -0.2) is 0 Å². The van der Waals surface area contributed by atoms with Crippen LogP contribution in [0.2, 0.25) is 0 Å². The molecule has 30 heavy (non-hydrogen) atoms. The Morgan fingerprint density at radius 3 is 2.47 bits per heavy atom. The van der Waals surface area contributed by atoms with Crippen LogP contribution in [0, 0.1) is 0 Å². The third-order valence-corrected chi connectivity index (χ3v) is 5.56. The van der Waals surface area contributed by atoms with Gasteiger partial charge < -0.3 is 27.8 Å². The second-order valence-corrected chi connectivity index (χ2v) is 7.75. The summed E-state index contributed by atoms with van der Waals surface area (Å²) >= 11 is 1.32. The van der Waals surface area contributed by atoms with E-state index in [4.69, 9.17) is 17.2 Å². The Kier molecular flexibility index (Phi) is 7.18. The van der Waals surface area contributed by atoms with Crippen molar-refractivity contribution in [2.45, 2.75) is 18.5 Å². The van der Waals surface area contributed by atoms with Gasteiger partial charge in [-0.05, 0) is 48.2 Å². The lowest BCUT2D eigenvalue weighted by molar-refractivity contribution is -0.117. The summed E-state index contributed by atoms with van der Waals surface area (Å²) in [5.41, 5.74) is 20.3. The standard InChI is InChI=1S/C22H25N5O2S/c23-11-10-16(14-5-2-1-3-6-14)21(28)26-15-8-9-18(24)17(13-15)20(25)27-22(29)19-7-4-12-30-19/h1-9,12-13,16,20H,10-11,23-25H2,(H,26,28)(H,27,29). The smallest absolute Gasteiger partial charge is 0.262 e. The number of carbonyl (C=O) groups is 2. The number of nitrogens with one attached hydrogen (secondary N) is 2. The van der Waals surface area contributed by atoms with Crippen LogP contribution in [0.3, 0.4) is 0 Å². The summed E-state index contributed by atoms with van der Waals surface area (Å²) in [7, 11) is 0. The molecular formula is C22H25N5O2S. The Balaban J connectivity index is 1.75. The number of nitrogens with two attached hydrogens (primary N) is 3. The zero-order valence-electron chi connectivity index (χ0n) is 16.4. The Labute approximate surface area is 179 Å². The maximum absolute atomic E-state index is 12.9. The van der Waals surface area contributed by atoms with Gasteiger partial charge in [-0.15, -0.1) is 11.3 Å². The number of hydrogen-bond donors (Lipinski definition) is 5. The van der Waals surface area contributed by atoms with Gasteiger partial charge in [0.25, 0.3) is 5.91 Å². The molecule has 3 rings (SSSR count). The summed E-state index contributed by atoms with van der Waals surface area (Å²) in [6.45, 7) is 0.388. The highest BCUT2D eigenvalue weighted by Crippen LogP contribution is 2.25. The molecule has 1 heterocycles. The monoisotopic (exact) mass is 423 g/mol. The highest BCUT2D eigenvalue weighted by Gasteiger charge is 2.21. The summed E-state index contributed by atoms with van der Waals surface area (Å²) in [5, 5.41) is 7.46. The molecule has 0 radical (unpaired) electrons. The predicted octanol–water partition coefficient (Wildman–Crippen LogP) is 2.79. The van der Waals surface area contributed by atoms with Crippen molar-refractivity contribution in [3.63, 3.8) is 0 Å². The van der Waals surface area contributed by atoms with E-state index in [1.165, 1.54) is 11.3 Å². The zero-order valence-corrected chi connectivity index (χ0v) is 17.2. The van der Waals surface area contributed by atoms with Crippen molar-refractivity contribution in [3.05, 3.63) is 82.0 Å². The van der Waals surface area contributed by atoms with E-state index in [1.54, 1.807) is 30.3 Å². The van der Waals surface area contributed by atoms with Crippen molar-refractivity contribution in [1.82, 2.24) is 5.32 Å². The molecular weight excluding hydrogens is 398 g/mol. The van der Waals surface area contributed by atoms with E-state index >= 15 is 0 Å². The number of carbonyl (C=O) groups excluding carboxylic acids is 2. The minimum Gasteiger partial charge on any atom is -0.398 e. The van der Waals surface area contributed by atoms with Gasteiger partial charge in [-0.1, -0.05) is 36.4 Å². The Hall–Kier alpha value is -3.20. The van der Waals surface area contributed by atoms with Gasteiger partial charge in [0.1, 0.15) is 6.17 Å². The van der Waals surface area contributed by atoms with Gasteiger partial charge in [0.05, 0.1) is 10.8 Å². The number of anilines is 2. The SMILES string of the molecule is NCCC(C(=O)Nc1ccc(N)c(C(N)NC(=O)c2cccs2)c1)c1ccccc1. The summed E-state index contributed by atoms with van der Waals surface area (Å²) < 4.78 is 0. The highest BCUT2D eigenvalue weighted by molar-refractivity contribution is 7.12. The normalized spacial score (nSPS) is 12.7. The predicted molar refractivity (Wildman–Crippen MR) is 121 cm³/mol. The molecule has 0 aliphatic heterocycles. The van der Waals surface area contributed by atoms with Crippen LogP contribution in [0.5, 0.6) is 0 Å².